The van der Waals surface area contributed by atoms with Crippen LogP contribution in [0.2, 0.25) is 0 Å². The summed E-state index contributed by atoms with van der Waals surface area (Å²) < 4.78 is 5.89. The first-order valence-corrected chi connectivity index (χ1v) is 12.4. The number of nitrogens with one attached hydrogen (secondary N) is 1. The third kappa shape index (κ3) is 5.27. The summed E-state index contributed by atoms with van der Waals surface area (Å²) in [5.41, 5.74) is 2.08. The fraction of sp³-hybridized carbons (Fsp3) is 0.500. The van der Waals surface area contributed by atoms with E-state index in [1.807, 2.05) is 38.1 Å². The van der Waals surface area contributed by atoms with Crippen LogP contribution < -0.4 is 10.2 Å². The Hall–Kier alpha value is -2.88. The van der Waals surface area contributed by atoms with Crippen LogP contribution in [-0.4, -0.2) is 49.0 Å². The van der Waals surface area contributed by atoms with Gasteiger partial charge in [-0.2, -0.15) is 5.26 Å². The molecule has 2 saturated heterocycles. The van der Waals surface area contributed by atoms with Gasteiger partial charge in [0.15, 0.2) is 0 Å². The lowest BCUT2D eigenvalue weighted by atomic mass is 9.82. The Kier molecular flexibility index (Phi) is 7.55. The first-order valence-electron chi connectivity index (χ1n) is 12.4. The van der Waals surface area contributed by atoms with Gasteiger partial charge >= 0.3 is 0 Å². The summed E-state index contributed by atoms with van der Waals surface area (Å²) in [5, 5.41) is 25.1. The van der Waals surface area contributed by atoms with Crippen LogP contribution in [0.15, 0.2) is 42.0 Å². The molecule has 0 aliphatic carbocycles. The lowest BCUT2D eigenvalue weighted by molar-refractivity contribution is -0.160. The highest BCUT2D eigenvalue weighted by molar-refractivity contribution is 6.02. The topological polar surface area (TPSA) is 85.6 Å². The van der Waals surface area contributed by atoms with Crippen molar-refractivity contribution in [2.75, 3.05) is 24.5 Å². The van der Waals surface area contributed by atoms with Crippen molar-refractivity contribution in [1.82, 2.24) is 5.32 Å². The number of nitrogens with zero attached hydrogens (tertiary/aromatic N) is 2. The quantitative estimate of drug-likeness (QED) is 0.513. The Labute approximate surface area is 202 Å². The summed E-state index contributed by atoms with van der Waals surface area (Å²) in [5.74, 6) is -0.150. The van der Waals surface area contributed by atoms with Gasteiger partial charge in [0, 0.05) is 25.3 Å². The minimum Gasteiger partial charge on any atom is -0.390 e. The molecule has 180 valence electrons. The van der Waals surface area contributed by atoms with Crippen molar-refractivity contribution in [2.45, 2.75) is 58.3 Å². The van der Waals surface area contributed by atoms with Gasteiger partial charge in [-0.25, -0.2) is 0 Å². The number of nitriles is 1. The molecule has 2 fully saturated rings. The van der Waals surface area contributed by atoms with Gasteiger partial charge in [-0.3, -0.25) is 4.79 Å². The van der Waals surface area contributed by atoms with Crippen LogP contribution in [0, 0.1) is 23.2 Å². The molecule has 4 unspecified atom stereocenters. The largest absolute Gasteiger partial charge is 0.390 e. The second kappa shape index (κ2) is 10.6. The summed E-state index contributed by atoms with van der Waals surface area (Å²) in [4.78, 5) is 15.1. The molecule has 2 aliphatic heterocycles. The number of amides is 1. The van der Waals surface area contributed by atoms with E-state index in [2.05, 4.69) is 35.3 Å². The molecule has 2 N–H and O–H groups in total. The number of anilines is 1. The van der Waals surface area contributed by atoms with Gasteiger partial charge in [-0.15, -0.1) is 0 Å². The van der Waals surface area contributed by atoms with Gasteiger partial charge in [0.2, 0.25) is 0 Å². The van der Waals surface area contributed by atoms with E-state index in [0.29, 0.717) is 0 Å². The first kappa shape index (κ1) is 24.3. The molecule has 5 atom stereocenters. The molecule has 0 radical (unpaired) electrons. The van der Waals surface area contributed by atoms with Crippen LogP contribution in [-0.2, 0) is 9.53 Å². The predicted octanol–water partition coefficient (Wildman–Crippen LogP) is 4.27. The van der Waals surface area contributed by atoms with Crippen molar-refractivity contribution in [3.8, 4) is 6.07 Å². The highest BCUT2D eigenvalue weighted by Crippen LogP contribution is 2.30. The van der Waals surface area contributed by atoms with Crippen LogP contribution in [0.4, 0.5) is 5.69 Å². The molecule has 2 aromatic carbocycles. The smallest absolute Gasteiger partial charge is 0.262 e. The van der Waals surface area contributed by atoms with Crippen molar-refractivity contribution >= 4 is 28.4 Å². The monoisotopic (exact) mass is 461 g/mol. The summed E-state index contributed by atoms with van der Waals surface area (Å²) in [6, 6.07) is 14.5. The van der Waals surface area contributed by atoms with E-state index in [9.17, 15) is 15.2 Å². The maximum atomic E-state index is 12.7. The Morgan fingerprint density at radius 1 is 1.12 bits per heavy atom. The number of aliphatic hydroxyl groups excluding tert-OH is 1. The van der Waals surface area contributed by atoms with Gasteiger partial charge in [0.1, 0.15) is 17.7 Å². The highest BCUT2D eigenvalue weighted by Gasteiger charge is 2.38. The van der Waals surface area contributed by atoms with Crippen LogP contribution in [0.3, 0.4) is 0 Å². The minimum absolute atomic E-state index is 0.000639. The summed E-state index contributed by atoms with van der Waals surface area (Å²) >= 11 is 0. The molecule has 0 aromatic heterocycles. The van der Waals surface area contributed by atoms with Crippen molar-refractivity contribution in [2.24, 2.45) is 11.8 Å². The fourth-order valence-electron chi connectivity index (χ4n) is 5.02. The van der Waals surface area contributed by atoms with Crippen molar-refractivity contribution in [3.05, 3.63) is 47.5 Å². The molecule has 0 saturated carbocycles. The van der Waals surface area contributed by atoms with Gasteiger partial charge < -0.3 is 20.1 Å². The molecule has 1 amide bonds. The zero-order valence-electron chi connectivity index (χ0n) is 20.3. The second-order valence-corrected chi connectivity index (χ2v) is 9.81. The van der Waals surface area contributed by atoms with E-state index in [0.717, 1.165) is 29.4 Å². The number of piperidine rings is 1. The second-order valence-electron chi connectivity index (χ2n) is 9.81. The molecule has 2 heterocycles. The summed E-state index contributed by atoms with van der Waals surface area (Å²) in [7, 11) is 0. The molecule has 34 heavy (non-hydrogen) atoms. The summed E-state index contributed by atoms with van der Waals surface area (Å²) in [6.07, 6.45) is 4.25. The number of fused-ring (bicyclic) bond motifs is 1. The zero-order valence-corrected chi connectivity index (χ0v) is 20.3. The normalized spacial score (nSPS) is 27.9. The molecule has 6 nitrogen and oxygen atoms in total. The van der Waals surface area contributed by atoms with Crippen LogP contribution in [0.25, 0.3) is 16.8 Å². The van der Waals surface area contributed by atoms with E-state index in [1.54, 1.807) is 6.08 Å². The van der Waals surface area contributed by atoms with Gasteiger partial charge in [-0.1, -0.05) is 32.0 Å². The van der Waals surface area contributed by atoms with Crippen LogP contribution in [0.1, 0.15) is 45.6 Å². The van der Waals surface area contributed by atoms with Gasteiger partial charge in [-0.05, 0) is 78.6 Å². The third-order valence-corrected chi connectivity index (χ3v) is 7.59. The molecule has 0 spiro atoms. The van der Waals surface area contributed by atoms with Crippen molar-refractivity contribution < 1.29 is 14.6 Å². The highest BCUT2D eigenvalue weighted by atomic mass is 16.5. The lowest BCUT2D eigenvalue weighted by Crippen LogP contribution is -2.52. The SMILES string of the molecule is CC1O[C@H](CNC(=O)/C(C#N)=C/c2ccc3cc(N4CCCCC4)ccc3c2)C(O)C(C)C1C. The van der Waals surface area contributed by atoms with Crippen molar-refractivity contribution in [1.29, 1.82) is 5.26 Å². The molecule has 0 bridgehead atoms. The fourth-order valence-corrected chi connectivity index (χ4v) is 5.02. The first-order chi connectivity index (χ1) is 16.4. The van der Waals surface area contributed by atoms with E-state index >= 15 is 0 Å². The number of carbonyl (C=O) groups is 1. The number of hydrogen-bond acceptors (Lipinski definition) is 5. The van der Waals surface area contributed by atoms with E-state index in [4.69, 9.17) is 4.74 Å². The van der Waals surface area contributed by atoms with Gasteiger partial charge in [0.25, 0.3) is 5.91 Å². The number of carbonyl (C=O) groups excluding carboxylic acids is 1. The maximum Gasteiger partial charge on any atom is 0.262 e. The number of rotatable bonds is 5. The molecular weight excluding hydrogens is 426 g/mol. The Morgan fingerprint density at radius 3 is 2.56 bits per heavy atom. The summed E-state index contributed by atoms with van der Waals surface area (Å²) in [6.45, 7) is 8.41. The average Bonchev–Trinajstić information content (AvgIpc) is 2.87. The number of benzene rings is 2. The van der Waals surface area contributed by atoms with Crippen molar-refractivity contribution in [3.63, 3.8) is 0 Å². The molecule has 2 aliphatic rings. The number of aliphatic hydroxyl groups is 1. The molecule has 6 heteroatoms. The van der Waals surface area contributed by atoms with Crippen LogP contribution >= 0.6 is 0 Å². The van der Waals surface area contributed by atoms with E-state index in [1.165, 1.54) is 24.9 Å². The Balaban J connectivity index is 1.44. The maximum absolute atomic E-state index is 12.7. The lowest BCUT2D eigenvalue weighted by Gasteiger charge is -2.41. The van der Waals surface area contributed by atoms with E-state index < -0.39 is 18.1 Å². The predicted molar refractivity (Wildman–Crippen MR) is 135 cm³/mol. The standard InChI is InChI=1S/C28H35N3O3/c1-18-19(2)27(32)26(34-20(18)3)17-30-28(33)24(16-29)14-21-7-8-23-15-25(10-9-22(23)13-21)31-11-5-4-6-12-31/h7-10,13-15,18-20,26-27,32H,4-6,11-12,17H2,1-3H3,(H,30,33)/b24-14+/t18?,19?,20?,26-,27?/m1/s1. The molecular formula is C28H35N3O3. The third-order valence-electron chi connectivity index (χ3n) is 7.59. The van der Waals surface area contributed by atoms with Gasteiger partial charge in [0.05, 0.1) is 12.2 Å². The zero-order chi connectivity index (χ0) is 24.2. The van der Waals surface area contributed by atoms with E-state index in [-0.39, 0.29) is 30.1 Å². The Morgan fingerprint density at radius 2 is 1.82 bits per heavy atom. The average molecular weight is 462 g/mol. The number of hydrogen-bond donors (Lipinski definition) is 2. The van der Waals surface area contributed by atoms with Crippen LogP contribution in [0.5, 0.6) is 0 Å². The molecule has 2 aromatic rings. The Bertz CT molecular complexity index is 1100. The number of ether oxygens (including phenoxy) is 1. The molecule has 4 rings (SSSR count). The minimum atomic E-state index is -0.656.